The number of hydrogen-bond acceptors (Lipinski definition) is 1. The Morgan fingerprint density at radius 3 is 2.56 bits per heavy atom. The summed E-state index contributed by atoms with van der Waals surface area (Å²) in [5.74, 6) is 0.206. The molecule has 3 N–H and O–H groups in total. The number of nitrogens with two attached hydrogens (primary N) is 1. The van der Waals surface area contributed by atoms with Crippen LogP contribution in [0.3, 0.4) is 0 Å². The van der Waals surface area contributed by atoms with Crippen molar-refractivity contribution < 1.29 is 15.0 Å². The number of benzene rings is 2. The summed E-state index contributed by atoms with van der Waals surface area (Å²) in [5.41, 5.74) is 3.69. The molecule has 4 heteroatoms. The number of carbonyl (C=O) groups is 1. The molecule has 0 radical (unpaired) electrons. The third-order valence-corrected chi connectivity index (χ3v) is 5.10. The Balaban J connectivity index is 1.61. The second-order valence-corrected chi connectivity index (χ2v) is 7.21. The average Bonchev–Trinajstić information content (AvgIpc) is 2.94. The Morgan fingerprint density at radius 1 is 1.16 bits per heavy atom. The SMILES string of the molecule is C[C@H]1Cc2ccccc2N1C(=O)C[NH2+]C[C@@H](c1ccccc1)[NH+](C)C. The van der Waals surface area contributed by atoms with E-state index in [1.807, 2.05) is 17.0 Å². The maximum atomic E-state index is 12.8. The molecule has 25 heavy (non-hydrogen) atoms. The van der Waals surface area contributed by atoms with Crippen molar-refractivity contribution in [1.29, 1.82) is 0 Å². The molecule has 0 saturated carbocycles. The van der Waals surface area contributed by atoms with E-state index in [4.69, 9.17) is 0 Å². The van der Waals surface area contributed by atoms with Gasteiger partial charge in [-0.1, -0.05) is 48.5 Å². The first-order chi connectivity index (χ1) is 12.1. The second-order valence-electron chi connectivity index (χ2n) is 7.21. The van der Waals surface area contributed by atoms with Crippen LogP contribution in [0.4, 0.5) is 5.69 Å². The first-order valence-corrected chi connectivity index (χ1v) is 9.14. The zero-order chi connectivity index (χ0) is 17.8. The van der Waals surface area contributed by atoms with Crippen LogP contribution < -0.4 is 15.1 Å². The van der Waals surface area contributed by atoms with E-state index in [0.717, 1.165) is 18.7 Å². The summed E-state index contributed by atoms with van der Waals surface area (Å²) in [7, 11) is 4.35. The second kappa shape index (κ2) is 7.81. The third kappa shape index (κ3) is 3.91. The highest BCUT2D eigenvalue weighted by molar-refractivity contribution is 5.96. The van der Waals surface area contributed by atoms with Gasteiger partial charge in [-0.25, -0.2) is 0 Å². The minimum absolute atomic E-state index is 0.206. The topological polar surface area (TPSA) is 41.4 Å². The van der Waals surface area contributed by atoms with E-state index in [9.17, 15) is 4.79 Å². The van der Waals surface area contributed by atoms with Crippen LogP contribution in [0.2, 0.25) is 0 Å². The number of fused-ring (bicyclic) bond motifs is 1. The molecule has 3 rings (SSSR count). The van der Waals surface area contributed by atoms with Crippen LogP contribution in [-0.4, -0.2) is 39.1 Å². The van der Waals surface area contributed by atoms with Gasteiger partial charge in [0.2, 0.25) is 0 Å². The number of likely N-dealkylation sites (N-methyl/N-ethyl adjacent to an activating group) is 1. The zero-order valence-electron chi connectivity index (χ0n) is 15.4. The number of anilines is 1. The summed E-state index contributed by atoms with van der Waals surface area (Å²) in [6, 6.07) is 19.5. The molecule has 1 heterocycles. The zero-order valence-corrected chi connectivity index (χ0v) is 15.4. The molecule has 0 fully saturated rings. The number of nitrogens with zero attached hydrogens (tertiary/aromatic N) is 1. The highest BCUT2D eigenvalue weighted by Gasteiger charge is 2.31. The molecule has 2 aromatic rings. The summed E-state index contributed by atoms with van der Waals surface area (Å²) in [6.45, 7) is 3.53. The fourth-order valence-corrected chi connectivity index (χ4v) is 3.81. The summed E-state index contributed by atoms with van der Waals surface area (Å²) in [6.07, 6.45) is 0.955. The van der Waals surface area contributed by atoms with Gasteiger partial charge in [-0.05, 0) is 25.0 Å². The van der Waals surface area contributed by atoms with Crippen molar-refractivity contribution in [1.82, 2.24) is 0 Å². The van der Waals surface area contributed by atoms with E-state index in [1.54, 1.807) is 0 Å². The monoisotopic (exact) mass is 339 g/mol. The molecular weight excluding hydrogens is 310 g/mol. The van der Waals surface area contributed by atoms with Crippen LogP contribution >= 0.6 is 0 Å². The molecule has 0 bridgehead atoms. The van der Waals surface area contributed by atoms with Gasteiger partial charge in [0.1, 0.15) is 6.54 Å². The Labute approximate surface area is 150 Å². The van der Waals surface area contributed by atoms with Gasteiger partial charge < -0.3 is 15.1 Å². The number of hydrogen-bond donors (Lipinski definition) is 2. The van der Waals surface area contributed by atoms with Crippen LogP contribution in [0.1, 0.15) is 24.1 Å². The lowest BCUT2D eigenvalue weighted by Crippen LogP contribution is -3.09. The van der Waals surface area contributed by atoms with E-state index in [-0.39, 0.29) is 11.9 Å². The lowest BCUT2D eigenvalue weighted by molar-refractivity contribution is -0.908. The Kier molecular flexibility index (Phi) is 5.51. The van der Waals surface area contributed by atoms with Gasteiger partial charge in [0.25, 0.3) is 5.91 Å². The van der Waals surface area contributed by atoms with E-state index in [2.05, 4.69) is 68.8 Å². The molecule has 0 saturated heterocycles. The summed E-state index contributed by atoms with van der Waals surface area (Å²) >= 11 is 0. The van der Waals surface area contributed by atoms with Gasteiger partial charge in [0, 0.05) is 17.3 Å². The van der Waals surface area contributed by atoms with Crippen LogP contribution in [-0.2, 0) is 11.2 Å². The maximum absolute atomic E-state index is 12.8. The highest BCUT2D eigenvalue weighted by Crippen LogP contribution is 2.31. The number of carbonyl (C=O) groups excluding carboxylic acids is 1. The van der Waals surface area contributed by atoms with Crippen LogP contribution in [0, 0.1) is 0 Å². The van der Waals surface area contributed by atoms with Crippen molar-refractivity contribution >= 4 is 11.6 Å². The fourth-order valence-electron chi connectivity index (χ4n) is 3.81. The van der Waals surface area contributed by atoms with Crippen LogP contribution in [0.5, 0.6) is 0 Å². The number of quaternary nitrogens is 2. The highest BCUT2D eigenvalue weighted by atomic mass is 16.2. The standard InChI is InChI=1S/C21H27N3O/c1-16-13-18-11-7-8-12-19(18)24(16)21(25)15-22-14-20(23(2)3)17-9-5-4-6-10-17/h4-12,16,20,22H,13-15H2,1-3H3/p+2/t16-,20-/m0/s1. The first kappa shape index (κ1) is 17.6. The number of amides is 1. The van der Waals surface area contributed by atoms with Gasteiger partial charge in [-0.2, -0.15) is 0 Å². The normalized spacial score (nSPS) is 17.6. The molecule has 0 unspecified atom stereocenters. The lowest BCUT2D eigenvalue weighted by Gasteiger charge is -2.23. The number of rotatable bonds is 6. The van der Waals surface area contributed by atoms with Crippen molar-refractivity contribution in [2.45, 2.75) is 25.4 Å². The van der Waals surface area contributed by atoms with Crippen molar-refractivity contribution in [2.75, 3.05) is 32.1 Å². The smallest absolute Gasteiger partial charge is 0.282 e. The average molecular weight is 339 g/mol. The maximum Gasteiger partial charge on any atom is 0.282 e. The molecule has 1 amide bonds. The quantitative estimate of drug-likeness (QED) is 0.787. The minimum atomic E-state index is 0.206. The van der Waals surface area contributed by atoms with E-state index in [0.29, 0.717) is 12.6 Å². The fraction of sp³-hybridized carbons (Fsp3) is 0.381. The van der Waals surface area contributed by atoms with Gasteiger partial charge in [-0.15, -0.1) is 0 Å². The van der Waals surface area contributed by atoms with Crippen molar-refractivity contribution in [3.63, 3.8) is 0 Å². The predicted molar refractivity (Wildman–Crippen MR) is 101 cm³/mol. The van der Waals surface area contributed by atoms with Gasteiger partial charge in [-0.3, -0.25) is 4.79 Å². The van der Waals surface area contributed by atoms with Crippen molar-refractivity contribution in [3.05, 3.63) is 65.7 Å². The molecule has 0 aromatic heterocycles. The molecular formula is C21H29N3O+2. The molecule has 4 nitrogen and oxygen atoms in total. The van der Waals surface area contributed by atoms with Gasteiger partial charge >= 0.3 is 0 Å². The Hall–Kier alpha value is -2.17. The van der Waals surface area contributed by atoms with Crippen LogP contribution in [0.25, 0.3) is 0 Å². The first-order valence-electron chi connectivity index (χ1n) is 9.14. The van der Waals surface area contributed by atoms with Gasteiger partial charge in [0.05, 0.1) is 14.1 Å². The van der Waals surface area contributed by atoms with E-state index >= 15 is 0 Å². The third-order valence-electron chi connectivity index (χ3n) is 5.10. The molecule has 0 spiro atoms. The van der Waals surface area contributed by atoms with Crippen LogP contribution in [0.15, 0.2) is 54.6 Å². The molecule has 0 aliphatic carbocycles. The molecule has 1 aliphatic heterocycles. The van der Waals surface area contributed by atoms with E-state index in [1.165, 1.54) is 16.0 Å². The predicted octanol–water partition coefficient (Wildman–Crippen LogP) is 0.413. The Morgan fingerprint density at radius 2 is 1.84 bits per heavy atom. The summed E-state index contributed by atoms with van der Waals surface area (Å²) < 4.78 is 0. The molecule has 1 aliphatic rings. The lowest BCUT2D eigenvalue weighted by atomic mass is 10.1. The number of para-hydroxylation sites is 1. The van der Waals surface area contributed by atoms with Crippen molar-refractivity contribution in [2.24, 2.45) is 0 Å². The summed E-state index contributed by atoms with van der Waals surface area (Å²) in [5, 5.41) is 2.15. The number of nitrogens with one attached hydrogen (secondary N) is 1. The summed E-state index contributed by atoms with van der Waals surface area (Å²) in [4.78, 5) is 16.2. The largest absolute Gasteiger partial charge is 0.333 e. The van der Waals surface area contributed by atoms with Gasteiger partial charge in [0.15, 0.2) is 12.6 Å². The Bertz CT molecular complexity index is 714. The minimum Gasteiger partial charge on any atom is -0.333 e. The molecule has 132 valence electrons. The van der Waals surface area contributed by atoms with E-state index < -0.39 is 0 Å². The molecule has 2 aromatic carbocycles. The molecule has 2 atom stereocenters. The van der Waals surface area contributed by atoms with Crippen molar-refractivity contribution in [3.8, 4) is 0 Å².